The van der Waals surface area contributed by atoms with Crippen molar-refractivity contribution in [2.75, 3.05) is 13.1 Å². The van der Waals surface area contributed by atoms with Gasteiger partial charge in [0.25, 0.3) is 0 Å². The van der Waals surface area contributed by atoms with Crippen molar-refractivity contribution in [3.05, 3.63) is 0 Å². The lowest BCUT2D eigenvalue weighted by atomic mass is 10.3. The number of amides is 2. The van der Waals surface area contributed by atoms with E-state index < -0.39 is 0 Å². The van der Waals surface area contributed by atoms with Crippen molar-refractivity contribution < 1.29 is 9.59 Å². The smallest absolute Gasteiger partial charge is 0.244 e. The van der Waals surface area contributed by atoms with Crippen LogP contribution in [0.3, 0.4) is 0 Å². The van der Waals surface area contributed by atoms with E-state index in [0.29, 0.717) is 29.5 Å². The Morgan fingerprint density at radius 3 is 1.48 bits per heavy atom. The van der Waals surface area contributed by atoms with Crippen molar-refractivity contribution in [1.29, 1.82) is 0 Å². The highest BCUT2D eigenvalue weighted by molar-refractivity contribution is 7.82. The van der Waals surface area contributed by atoms with Crippen LogP contribution in [0.25, 0.3) is 0 Å². The molecular weight excluding hydrogens is 332 g/mol. The molecule has 0 saturated heterocycles. The van der Waals surface area contributed by atoms with Gasteiger partial charge >= 0.3 is 0 Å². The van der Waals surface area contributed by atoms with Crippen LogP contribution >= 0.6 is 24.4 Å². The number of carbonyl (C=O) groups excluding carboxylic acids is 2. The maximum Gasteiger partial charge on any atom is 0.244 e. The van der Waals surface area contributed by atoms with Crippen molar-refractivity contribution in [2.45, 2.75) is 46.0 Å². The lowest BCUT2D eigenvalue weighted by molar-refractivity contribution is -0.134. The summed E-state index contributed by atoms with van der Waals surface area (Å²) in [5.74, 6) is 0.463. The first-order chi connectivity index (χ1) is 11.0. The fourth-order valence-electron chi connectivity index (χ4n) is 2.21. The van der Waals surface area contributed by atoms with Crippen molar-refractivity contribution in [1.82, 2.24) is 20.9 Å². The van der Waals surface area contributed by atoms with Gasteiger partial charge in [0.15, 0.2) is 0 Å². The molecule has 6 nitrogen and oxygen atoms in total. The number of hydrazine groups is 2. The molecule has 128 valence electrons. The quantitative estimate of drug-likeness (QED) is 0.556. The van der Waals surface area contributed by atoms with E-state index in [1.807, 2.05) is 13.8 Å². The monoisotopic (exact) mass is 356 g/mol. The molecule has 2 N–H and O–H groups in total. The van der Waals surface area contributed by atoms with Crippen LogP contribution in [-0.2, 0) is 9.59 Å². The van der Waals surface area contributed by atoms with Crippen LogP contribution in [0.5, 0.6) is 0 Å². The number of nitrogens with zero attached hydrogens (tertiary/aromatic N) is 2. The average molecular weight is 357 g/mol. The fourth-order valence-corrected chi connectivity index (χ4v) is 2.81. The van der Waals surface area contributed by atoms with E-state index >= 15 is 0 Å². The van der Waals surface area contributed by atoms with Gasteiger partial charge in [0, 0.05) is 24.9 Å². The molecule has 2 aliphatic carbocycles. The Labute approximate surface area is 147 Å². The van der Waals surface area contributed by atoms with Crippen molar-refractivity contribution in [3.8, 4) is 0 Å². The van der Waals surface area contributed by atoms with E-state index in [1.54, 1.807) is 10.0 Å². The molecule has 0 bridgehead atoms. The van der Waals surface area contributed by atoms with Crippen LogP contribution < -0.4 is 10.9 Å². The third-order valence-electron chi connectivity index (χ3n) is 3.86. The van der Waals surface area contributed by atoms with Crippen LogP contribution in [0.2, 0.25) is 0 Å². The third-order valence-corrected chi connectivity index (χ3v) is 4.33. The molecule has 0 aliphatic heterocycles. The Bertz CT molecular complexity index is 460. The van der Waals surface area contributed by atoms with Gasteiger partial charge in [0.2, 0.25) is 11.8 Å². The van der Waals surface area contributed by atoms with E-state index in [1.165, 1.54) is 0 Å². The average Bonchev–Trinajstić information content (AvgIpc) is 3.40. The Morgan fingerprint density at radius 1 is 0.870 bits per heavy atom. The predicted molar refractivity (Wildman–Crippen MR) is 96.3 cm³/mol. The van der Waals surface area contributed by atoms with Crippen molar-refractivity contribution >= 4 is 46.2 Å². The molecule has 2 saturated carbocycles. The molecule has 0 radical (unpaired) electrons. The highest BCUT2D eigenvalue weighted by Crippen LogP contribution is 2.31. The molecule has 2 amide bonds. The number of carbonyl (C=O) groups is 2. The molecule has 0 unspecified atom stereocenters. The Kier molecular flexibility index (Phi) is 6.29. The van der Waals surface area contributed by atoms with E-state index in [0.717, 1.165) is 25.7 Å². The molecule has 0 aromatic heterocycles. The zero-order valence-electron chi connectivity index (χ0n) is 13.6. The minimum absolute atomic E-state index is 0.0906. The van der Waals surface area contributed by atoms with Crippen LogP contribution in [0, 0.1) is 11.8 Å². The molecule has 0 aromatic carbocycles. The van der Waals surface area contributed by atoms with Gasteiger partial charge in [-0.3, -0.25) is 30.5 Å². The number of hydrogen-bond donors (Lipinski definition) is 2. The Morgan fingerprint density at radius 2 is 1.22 bits per heavy atom. The standard InChI is InChI=1S/C15H24N4O2S2/c1-3-18(14(20)10-5-6-10)16-12(22)9-13(23)17-19(4-2)15(21)11-7-8-11/h10-11H,3-9H2,1-2H3,(H,16,22)(H,17,23). The van der Waals surface area contributed by atoms with Gasteiger partial charge in [0.1, 0.15) is 9.98 Å². The summed E-state index contributed by atoms with van der Waals surface area (Å²) in [5, 5.41) is 3.10. The summed E-state index contributed by atoms with van der Waals surface area (Å²) in [5.41, 5.74) is 5.92. The second-order valence-electron chi connectivity index (χ2n) is 5.96. The topological polar surface area (TPSA) is 64.7 Å². The Balaban J connectivity index is 1.77. The summed E-state index contributed by atoms with van der Waals surface area (Å²) in [6, 6.07) is 0. The van der Waals surface area contributed by atoms with E-state index in [9.17, 15) is 9.59 Å². The second-order valence-corrected chi connectivity index (χ2v) is 6.95. The number of rotatable bonds is 6. The summed E-state index contributed by atoms with van der Waals surface area (Å²) >= 11 is 10.6. The largest absolute Gasteiger partial charge is 0.289 e. The zero-order valence-corrected chi connectivity index (χ0v) is 15.3. The summed E-state index contributed by atoms with van der Waals surface area (Å²) in [6.45, 7) is 4.91. The van der Waals surface area contributed by atoms with Crippen molar-refractivity contribution in [3.63, 3.8) is 0 Å². The fraction of sp³-hybridized carbons (Fsp3) is 0.733. The van der Waals surface area contributed by atoms with Crippen LogP contribution in [0.15, 0.2) is 0 Å². The molecule has 8 heteroatoms. The third kappa shape index (κ3) is 5.39. The van der Waals surface area contributed by atoms with Gasteiger partial charge in [-0.1, -0.05) is 24.4 Å². The molecule has 0 aromatic rings. The molecule has 2 fully saturated rings. The normalized spacial score (nSPS) is 16.4. The summed E-state index contributed by atoms with van der Waals surface area (Å²) in [6.07, 6.45) is 4.14. The van der Waals surface area contributed by atoms with E-state index in [2.05, 4.69) is 10.9 Å². The lowest BCUT2D eigenvalue weighted by Gasteiger charge is -2.25. The summed E-state index contributed by atoms with van der Waals surface area (Å²) in [4.78, 5) is 25.1. The maximum absolute atomic E-state index is 12.1. The number of thiocarbonyl (C=S) groups is 2. The minimum atomic E-state index is 0.0906. The first kappa shape index (κ1) is 18.1. The van der Waals surface area contributed by atoms with Gasteiger partial charge in [-0.15, -0.1) is 0 Å². The van der Waals surface area contributed by atoms with Crippen LogP contribution in [0.1, 0.15) is 46.0 Å². The molecular formula is C15H24N4O2S2. The second kappa shape index (κ2) is 8.01. The van der Waals surface area contributed by atoms with Gasteiger partial charge < -0.3 is 0 Å². The van der Waals surface area contributed by atoms with E-state index in [4.69, 9.17) is 24.4 Å². The highest BCUT2D eigenvalue weighted by Gasteiger charge is 2.34. The van der Waals surface area contributed by atoms with E-state index in [-0.39, 0.29) is 23.7 Å². The first-order valence-electron chi connectivity index (χ1n) is 8.18. The molecule has 23 heavy (non-hydrogen) atoms. The van der Waals surface area contributed by atoms with Crippen molar-refractivity contribution in [2.24, 2.45) is 11.8 Å². The van der Waals surface area contributed by atoms with Gasteiger partial charge in [0.05, 0.1) is 6.42 Å². The summed E-state index contributed by atoms with van der Waals surface area (Å²) < 4.78 is 0. The lowest BCUT2D eigenvalue weighted by Crippen LogP contribution is -2.49. The molecule has 2 aliphatic rings. The Hall–Kier alpha value is -1.28. The zero-order chi connectivity index (χ0) is 17.0. The highest BCUT2D eigenvalue weighted by atomic mass is 32.1. The molecule has 2 rings (SSSR count). The number of nitrogens with one attached hydrogen (secondary N) is 2. The van der Waals surface area contributed by atoms with Gasteiger partial charge in [-0.25, -0.2) is 0 Å². The molecule has 0 atom stereocenters. The number of hydrogen-bond acceptors (Lipinski definition) is 4. The summed E-state index contributed by atoms with van der Waals surface area (Å²) in [7, 11) is 0. The first-order valence-corrected chi connectivity index (χ1v) is 8.99. The van der Waals surface area contributed by atoms with Crippen LogP contribution in [0.4, 0.5) is 0 Å². The minimum Gasteiger partial charge on any atom is -0.289 e. The molecule has 0 spiro atoms. The predicted octanol–water partition coefficient (Wildman–Crippen LogP) is 1.56. The SMILES string of the molecule is CCN(NC(=S)CC(=S)NN(CC)C(=O)C1CC1)C(=O)C1CC1. The molecule has 0 heterocycles. The van der Waals surface area contributed by atoms with Gasteiger partial charge in [-0.05, 0) is 39.5 Å². The van der Waals surface area contributed by atoms with Crippen LogP contribution in [-0.4, -0.2) is 44.9 Å². The maximum atomic E-state index is 12.1. The van der Waals surface area contributed by atoms with Gasteiger partial charge in [-0.2, -0.15) is 0 Å².